The molecule has 2 amide bonds. The van der Waals surface area contributed by atoms with Crippen molar-refractivity contribution in [1.29, 1.82) is 0 Å². The Morgan fingerprint density at radius 2 is 1.90 bits per heavy atom. The number of alkyl carbamates (subject to hydrolysis) is 1. The number of benzene rings is 3. The fourth-order valence-electron chi connectivity index (χ4n) is 7.05. The molecule has 7 rings (SSSR count). The number of rotatable bonds is 7. The maximum absolute atomic E-state index is 14.0. The molecule has 11 heteroatoms. The molecule has 4 bridgehead atoms. The minimum atomic E-state index is -1.18. The van der Waals surface area contributed by atoms with Crippen LogP contribution in [-0.4, -0.2) is 42.3 Å². The molecule has 4 atom stereocenters. The number of nitrogens with zero attached hydrogens (tertiary/aromatic N) is 1. The molecule has 3 aromatic carbocycles. The molecule has 3 N–H and O–H groups in total. The van der Waals surface area contributed by atoms with Crippen LogP contribution in [0.5, 0.6) is 5.75 Å². The predicted octanol–water partition coefficient (Wildman–Crippen LogP) is 6.15. The normalized spacial score (nSPS) is 21.0. The van der Waals surface area contributed by atoms with Crippen molar-refractivity contribution in [3.8, 4) is 17.6 Å². The first kappa shape index (κ1) is 33.7. The average molecular weight is 689 g/mol. The molecule has 11 nitrogen and oxygen atoms in total. The Hall–Kier alpha value is -5.76. The monoisotopic (exact) mass is 688 g/mol. The lowest BCUT2D eigenvalue weighted by Gasteiger charge is -2.28. The van der Waals surface area contributed by atoms with Crippen molar-refractivity contribution in [2.24, 2.45) is 5.92 Å². The molecule has 4 heterocycles. The van der Waals surface area contributed by atoms with Gasteiger partial charge in [0.15, 0.2) is 17.7 Å². The first-order valence-electron chi connectivity index (χ1n) is 17.3. The van der Waals surface area contributed by atoms with Gasteiger partial charge in [0.2, 0.25) is 11.8 Å². The van der Waals surface area contributed by atoms with E-state index >= 15 is 0 Å². The number of nitrogens with one attached hydrogen (secondary N) is 3. The number of esters is 1. The van der Waals surface area contributed by atoms with Gasteiger partial charge in [-0.25, -0.2) is 14.6 Å². The van der Waals surface area contributed by atoms with E-state index < -0.39 is 41.7 Å². The van der Waals surface area contributed by atoms with E-state index in [1.54, 1.807) is 0 Å². The molecule has 0 fully saturated rings. The van der Waals surface area contributed by atoms with Gasteiger partial charge in [0, 0.05) is 29.5 Å². The summed E-state index contributed by atoms with van der Waals surface area (Å²) in [4.78, 5) is 45.4. The van der Waals surface area contributed by atoms with E-state index in [1.807, 2.05) is 80.6 Å². The zero-order valence-corrected chi connectivity index (χ0v) is 29.0. The molecular weight excluding hydrogens is 648 g/mol. The van der Waals surface area contributed by atoms with Gasteiger partial charge in [-0.1, -0.05) is 93.6 Å². The number of oxazole rings is 1. The van der Waals surface area contributed by atoms with Crippen molar-refractivity contribution in [3.63, 3.8) is 0 Å². The molecule has 0 aliphatic carbocycles. The first-order chi connectivity index (χ1) is 24.7. The molecule has 262 valence electrons. The second-order valence-electron chi connectivity index (χ2n) is 13.3. The van der Waals surface area contributed by atoms with Crippen molar-refractivity contribution in [2.75, 3.05) is 12.4 Å². The Morgan fingerprint density at radius 1 is 1.08 bits per heavy atom. The van der Waals surface area contributed by atoms with Crippen LogP contribution in [0.2, 0.25) is 0 Å². The van der Waals surface area contributed by atoms with E-state index in [4.69, 9.17) is 23.6 Å². The second-order valence-corrected chi connectivity index (χ2v) is 13.3. The number of carbonyl (C=O) groups is 3. The minimum absolute atomic E-state index is 0.0215. The fourth-order valence-corrected chi connectivity index (χ4v) is 7.05. The number of hydrogen-bond acceptors (Lipinski definition) is 9. The molecule has 3 aliphatic heterocycles. The molecule has 1 aromatic heterocycles. The van der Waals surface area contributed by atoms with Gasteiger partial charge in [-0.3, -0.25) is 4.79 Å². The Balaban J connectivity index is 1.37. The van der Waals surface area contributed by atoms with Crippen LogP contribution in [0, 0.1) is 17.8 Å². The lowest BCUT2D eigenvalue weighted by Crippen LogP contribution is -2.49. The van der Waals surface area contributed by atoms with Crippen LogP contribution < -0.4 is 20.7 Å². The SMILES string of the molecule is CCCCC#Cc1cccc2c1NC1Oc3ccc4cc3[C@]21c1oc(nc1C(=O)OC)[C@H](C(C)C)NC(=O)[C@@H](NC(=O)OCc1ccccc1)C4. The number of fused-ring (bicyclic) bond motifs is 4. The van der Waals surface area contributed by atoms with Gasteiger partial charge in [0.25, 0.3) is 0 Å². The highest BCUT2D eigenvalue weighted by Crippen LogP contribution is 2.59. The molecule has 0 saturated heterocycles. The molecular formula is C40H40N4O7. The van der Waals surface area contributed by atoms with Crippen molar-refractivity contribution in [2.45, 2.75) is 76.8 Å². The van der Waals surface area contributed by atoms with E-state index in [0.29, 0.717) is 11.3 Å². The summed E-state index contributed by atoms with van der Waals surface area (Å²) in [5, 5.41) is 9.38. The lowest BCUT2D eigenvalue weighted by atomic mass is 9.72. The number of ether oxygens (including phenoxy) is 3. The molecule has 4 aromatic rings. The lowest BCUT2D eigenvalue weighted by molar-refractivity contribution is -0.124. The largest absolute Gasteiger partial charge is 0.469 e. The Bertz CT molecular complexity index is 2050. The summed E-state index contributed by atoms with van der Waals surface area (Å²) in [7, 11) is 1.29. The van der Waals surface area contributed by atoms with Crippen molar-refractivity contribution in [3.05, 3.63) is 112 Å². The van der Waals surface area contributed by atoms with E-state index in [1.165, 1.54) is 7.11 Å². The topological polar surface area (TPSA) is 141 Å². The molecule has 3 aliphatic rings. The van der Waals surface area contributed by atoms with Crippen LogP contribution in [0.1, 0.15) is 96.0 Å². The van der Waals surface area contributed by atoms with Crippen LogP contribution in [0.4, 0.5) is 10.5 Å². The smallest absolute Gasteiger partial charge is 0.408 e. The zero-order valence-electron chi connectivity index (χ0n) is 29.0. The zero-order chi connectivity index (χ0) is 35.7. The highest BCUT2D eigenvalue weighted by molar-refractivity contribution is 5.91. The summed E-state index contributed by atoms with van der Waals surface area (Å²) in [6.45, 7) is 5.99. The summed E-state index contributed by atoms with van der Waals surface area (Å²) >= 11 is 0. The van der Waals surface area contributed by atoms with E-state index in [9.17, 15) is 14.4 Å². The Morgan fingerprint density at radius 3 is 2.67 bits per heavy atom. The predicted molar refractivity (Wildman–Crippen MR) is 188 cm³/mol. The van der Waals surface area contributed by atoms with Gasteiger partial charge in [0.1, 0.15) is 29.9 Å². The third kappa shape index (κ3) is 6.05. The molecule has 0 radical (unpaired) electrons. The van der Waals surface area contributed by atoms with Gasteiger partial charge in [0.05, 0.1) is 12.8 Å². The Labute approximate surface area is 296 Å². The first-order valence-corrected chi connectivity index (χ1v) is 17.3. The van der Waals surface area contributed by atoms with Crippen LogP contribution in [0.15, 0.2) is 71.1 Å². The number of hydrogen-bond donors (Lipinski definition) is 3. The third-order valence-corrected chi connectivity index (χ3v) is 9.62. The number of amides is 2. The van der Waals surface area contributed by atoms with Crippen molar-refractivity contribution < 1.29 is 33.0 Å². The second kappa shape index (κ2) is 13.9. The summed E-state index contributed by atoms with van der Waals surface area (Å²) in [6.07, 6.45) is 1.50. The number of aromatic nitrogens is 1. The number of para-hydroxylation sites is 1. The van der Waals surface area contributed by atoms with Crippen LogP contribution in [-0.2, 0) is 32.7 Å². The van der Waals surface area contributed by atoms with Gasteiger partial charge in [-0.05, 0) is 35.6 Å². The summed E-state index contributed by atoms with van der Waals surface area (Å²) in [6, 6.07) is 19.0. The highest BCUT2D eigenvalue weighted by atomic mass is 16.5. The maximum atomic E-state index is 14.0. The summed E-state index contributed by atoms with van der Waals surface area (Å²) in [5.41, 5.74) is 3.45. The standard InChI is InChI=1S/C40H40N4O7/c1-5-6-7-11-15-26-16-12-17-27-32(26)44-38-40(27)28-20-25(18-19-30(28)50-38)21-29(41-39(47)49-22-24-13-9-8-10-14-24)35(45)42-31(23(2)3)36-43-33(34(40)51-36)37(46)48-4/h8-10,12-14,16-20,23,29,31,38,44H,5-7,21-22H2,1-4H3,(H,41,47)(H,42,45)/t29-,31-,38?,40-/m0/s1. The number of anilines is 1. The van der Waals surface area contributed by atoms with Crippen LogP contribution in [0.25, 0.3) is 0 Å². The highest BCUT2D eigenvalue weighted by Gasteiger charge is 2.61. The molecule has 1 spiro atoms. The van der Waals surface area contributed by atoms with E-state index in [0.717, 1.165) is 47.2 Å². The van der Waals surface area contributed by atoms with E-state index in [2.05, 4.69) is 34.7 Å². The van der Waals surface area contributed by atoms with Gasteiger partial charge in [-0.15, -0.1) is 0 Å². The quantitative estimate of drug-likeness (QED) is 0.119. The average Bonchev–Trinajstić information content (AvgIpc) is 3.80. The molecule has 0 saturated carbocycles. The van der Waals surface area contributed by atoms with Gasteiger partial charge >= 0.3 is 12.1 Å². The van der Waals surface area contributed by atoms with Crippen LogP contribution >= 0.6 is 0 Å². The molecule has 51 heavy (non-hydrogen) atoms. The fraction of sp³-hybridized carbons (Fsp3) is 0.350. The number of unbranched alkanes of at least 4 members (excludes halogenated alkanes) is 2. The van der Waals surface area contributed by atoms with Gasteiger partial charge < -0.3 is 34.6 Å². The van der Waals surface area contributed by atoms with Gasteiger partial charge in [-0.2, -0.15) is 0 Å². The van der Waals surface area contributed by atoms with E-state index in [-0.39, 0.29) is 36.3 Å². The summed E-state index contributed by atoms with van der Waals surface area (Å²) in [5.74, 6) is 6.19. The van der Waals surface area contributed by atoms with Crippen LogP contribution in [0.3, 0.4) is 0 Å². The number of methoxy groups -OCH3 is 1. The molecule has 1 unspecified atom stereocenters. The van der Waals surface area contributed by atoms with Crippen molar-refractivity contribution in [1.82, 2.24) is 15.6 Å². The van der Waals surface area contributed by atoms with Crippen molar-refractivity contribution >= 4 is 23.7 Å². The Kier molecular flexibility index (Phi) is 9.17. The minimum Gasteiger partial charge on any atom is -0.469 e. The number of carbonyl (C=O) groups excluding carboxylic acids is 3. The maximum Gasteiger partial charge on any atom is 0.408 e. The summed E-state index contributed by atoms with van der Waals surface area (Å²) < 4.78 is 24.1. The third-order valence-electron chi connectivity index (χ3n) is 9.62.